The molecule has 0 aliphatic carbocycles. The average Bonchev–Trinajstić information content (AvgIpc) is 2.09. The Morgan fingerprint density at radius 2 is 1.71 bits per heavy atom. The molecule has 0 aliphatic heterocycles. The van der Waals surface area contributed by atoms with Gasteiger partial charge in [-0.1, -0.05) is 0 Å². The van der Waals surface area contributed by atoms with Gasteiger partial charge in [-0.25, -0.2) is 8.42 Å². The highest BCUT2D eigenvalue weighted by molar-refractivity contribution is 7.92. The van der Waals surface area contributed by atoms with Crippen molar-refractivity contribution in [2.75, 3.05) is 0 Å². The van der Waals surface area contributed by atoms with Crippen LogP contribution in [0.4, 0.5) is 0 Å². The zero-order valence-electron chi connectivity index (χ0n) is 7.93. The molecule has 0 radical (unpaired) electrons. The number of hydrogen-bond donors (Lipinski definition) is 2. The predicted molar refractivity (Wildman–Crippen MR) is 52.1 cm³/mol. The number of aromatic hydroxyl groups is 2. The van der Waals surface area contributed by atoms with E-state index in [2.05, 4.69) is 0 Å². The second-order valence-electron chi connectivity index (χ2n) is 3.24. The number of sulfone groups is 1. The molecule has 0 heterocycles. The number of phenols is 2. The summed E-state index contributed by atoms with van der Waals surface area (Å²) in [6, 6.07) is 3.47. The van der Waals surface area contributed by atoms with Crippen LogP contribution in [0.2, 0.25) is 0 Å². The van der Waals surface area contributed by atoms with Gasteiger partial charge in [-0.2, -0.15) is 0 Å². The van der Waals surface area contributed by atoms with Gasteiger partial charge in [0.15, 0.2) is 21.3 Å². The summed E-state index contributed by atoms with van der Waals surface area (Å²) in [6.07, 6.45) is 0. The van der Waals surface area contributed by atoms with Crippen molar-refractivity contribution in [3.05, 3.63) is 18.2 Å². The molecule has 0 aromatic heterocycles. The topological polar surface area (TPSA) is 74.6 Å². The van der Waals surface area contributed by atoms with Crippen molar-refractivity contribution in [1.29, 1.82) is 0 Å². The number of hydrogen-bond acceptors (Lipinski definition) is 4. The van der Waals surface area contributed by atoms with E-state index in [0.717, 1.165) is 12.1 Å². The zero-order chi connectivity index (χ0) is 10.9. The number of benzene rings is 1. The van der Waals surface area contributed by atoms with Crippen molar-refractivity contribution in [1.82, 2.24) is 0 Å². The molecular weight excluding hydrogens is 204 g/mol. The smallest absolute Gasteiger partial charge is 0.180 e. The fraction of sp³-hybridized carbons (Fsp3) is 0.333. The Labute approximate surface area is 82.7 Å². The average molecular weight is 216 g/mol. The van der Waals surface area contributed by atoms with Gasteiger partial charge in [0, 0.05) is 6.07 Å². The fourth-order valence-electron chi connectivity index (χ4n) is 0.952. The standard InChI is InChI=1S/C9H12O4S/c1-6(2)14(12,13)7-3-4-8(10)9(11)5-7/h3-6,10-11H,1-2H3. The summed E-state index contributed by atoms with van der Waals surface area (Å²) < 4.78 is 23.2. The van der Waals surface area contributed by atoms with Crippen LogP contribution in [-0.2, 0) is 9.84 Å². The van der Waals surface area contributed by atoms with Gasteiger partial charge in [0.05, 0.1) is 10.1 Å². The normalized spacial score (nSPS) is 11.9. The summed E-state index contributed by atoms with van der Waals surface area (Å²) in [4.78, 5) is 0.0165. The van der Waals surface area contributed by atoms with E-state index in [-0.39, 0.29) is 10.6 Å². The van der Waals surface area contributed by atoms with E-state index in [1.54, 1.807) is 13.8 Å². The molecule has 1 aromatic carbocycles. The monoisotopic (exact) mass is 216 g/mol. The minimum atomic E-state index is -3.39. The second-order valence-corrected chi connectivity index (χ2v) is 5.75. The van der Waals surface area contributed by atoms with Gasteiger partial charge >= 0.3 is 0 Å². The van der Waals surface area contributed by atoms with Gasteiger partial charge in [-0.05, 0) is 26.0 Å². The summed E-state index contributed by atoms with van der Waals surface area (Å²) in [6.45, 7) is 3.11. The van der Waals surface area contributed by atoms with Crippen LogP contribution in [0.1, 0.15) is 13.8 Å². The maximum absolute atomic E-state index is 11.6. The van der Waals surface area contributed by atoms with Gasteiger partial charge < -0.3 is 10.2 Å². The highest BCUT2D eigenvalue weighted by atomic mass is 32.2. The van der Waals surface area contributed by atoms with Crippen LogP contribution in [-0.4, -0.2) is 23.9 Å². The molecule has 4 nitrogen and oxygen atoms in total. The molecule has 0 amide bonds. The lowest BCUT2D eigenvalue weighted by atomic mass is 10.3. The van der Waals surface area contributed by atoms with Gasteiger partial charge in [-0.15, -0.1) is 0 Å². The van der Waals surface area contributed by atoms with Crippen LogP contribution in [0, 0.1) is 0 Å². The fourth-order valence-corrected chi connectivity index (χ4v) is 2.03. The van der Waals surface area contributed by atoms with E-state index >= 15 is 0 Å². The van der Waals surface area contributed by atoms with Gasteiger partial charge in [0.2, 0.25) is 0 Å². The second kappa shape index (κ2) is 3.49. The van der Waals surface area contributed by atoms with Crippen molar-refractivity contribution in [2.24, 2.45) is 0 Å². The highest BCUT2D eigenvalue weighted by Gasteiger charge is 2.20. The van der Waals surface area contributed by atoms with Gasteiger partial charge in [0.1, 0.15) is 0 Å². The Bertz CT molecular complexity index is 434. The van der Waals surface area contributed by atoms with E-state index in [1.165, 1.54) is 6.07 Å². The van der Waals surface area contributed by atoms with Gasteiger partial charge in [-0.3, -0.25) is 0 Å². The van der Waals surface area contributed by atoms with Crippen molar-refractivity contribution < 1.29 is 18.6 Å². The molecule has 0 atom stereocenters. The number of phenolic OH excluding ortho intramolecular Hbond substituents is 2. The lowest BCUT2D eigenvalue weighted by molar-refractivity contribution is 0.402. The van der Waals surface area contributed by atoms with E-state index in [9.17, 15) is 8.42 Å². The third-order valence-electron chi connectivity index (χ3n) is 1.90. The Kier molecular flexibility index (Phi) is 2.71. The first-order chi connectivity index (χ1) is 6.35. The highest BCUT2D eigenvalue weighted by Crippen LogP contribution is 2.28. The van der Waals surface area contributed by atoms with Crippen molar-refractivity contribution in [3.8, 4) is 11.5 Å². The van der Waals surface area contributed by atoms with E-state index in [4.69, 9.17) is 10.2 Å². The first-order valence-electron chi connectivity index (χ1n) is 4.11. The summed E-state index contributed by atoms with van der Waals surface area (Å²) in [7, 11) is -3.39. The zero-order valence-corrected chi connectivity index (χ0v) is 8.75. The molecule has 0 fully saturated rings. The first kappa shape index (κ1) is 10.8. The SMILES string of the molecule is CC(C)S(=O)(=O)c1ccc(O)c(O)c1. The maximum Gasteiger partial charge on any atom is 0.180 e. The van der Waals surface area contributed by atoms with E-state index in [0.29, 0.717) is 0 Å². The van der Waals surface area contributed by atoms with Crippen molar-refractivity contribution in [2.45, 2.75) is 24.0 Å². The summed E-state index contributed by atoms with van der Waals surface area (Å²) >= 11 is 0. The molecule has 0 saturated heterocycles. The quantitative estimate of drug-likeness (QED) is 0.730. The Balaban J connectivity index is 3.29. The molecule has 14 heavy (non-hydrogen) atoms. The first-order valence-corrected chi connectivity index (χ1v) is 5.66. The third-order valence-corrected chi connectivity index (χ3v) is 4.05. The molecule has 78 valence electrons. The molecule has 5 heteroatoms. The maximum atomic E-state index is 11.6. The Hall–Kier alpha value is -1.23. The minimum absolute atomic E-state index is 0.0165. The molecular formula is C9H12O4S. The Morgan fingerprint density at radius 3 is 2.14 bits per heavy atom. The van der Waals surface area contributed by atoms with Crippen LogP contribution in [0.15, 0.2) is 23.1 Å². The molecule has 0 unspecified atom stereocenters. The van der Waals surface area contributed by atoms with E-state index < -0.39 is 20.8 Å². The number of rotatable bonds is 2. The Morgan fingerprint density at radius 1 is 1.14 bits per heavy atom. The van der Waals surface area contributed by atoms with Crippen LogP contribution in [0.3, 0.4) is 0 Å². The lowest BCUT2D eigenvalue weighted by Gasteiger charge is -2.08. The van der Waals surface area contributed by atoms with Crippen molar-refractivity contribution in [3.63, 3.8) is 0 Å². The summed E-state index contributed by atoms with van der Waals surface area (Å²) in [5.41, 5.74) is 0. The van der Waals surface area contributed by atoms with Crippen LogP contribution < -0.4 is 0 Å². The molecule has 0 spiro atoms. The molecule has 0 aliphatic rings. The molecule has 0 bridgehead atoms. The molecule has 1 aromatic rings. The summed E-state index contributed by atoms with van der Waals surface area (Å²) in [5.74, 6) is -0.751. The van der Waals surface area contributed by atoms with Crippen LogP contribution in [0.5, 0.6) is 11.5 Å². The van der Waals surface area contributed by atoms with Crippen LogP contribution >= 0.6 is 0 Å². The molecule has 1 rings (SSSR count). The largest absolute Gasteiger partial charge is 0.504 e. The van der Waals surface area contributed by atoms with E-state index in [1.807, 2.05) is 0 Å². The minimum Gasteiger partial charge on any atom is -0.504 e. The van der Waals surface area contributed by atoms with Crippen molar-refractivity contribution >= 4 is 9.84 Å². The third kappa shape index (κ3) is 1.82. The lowest BCUT2D eigenvalue weighted by Crippen LogP contribution is -2.13. The summed E-state index contributed by atoms with van der Waals surface area (Å²) in [5, 5.41) is 17.6. The van der Waals surface area contributed by atoms with Crippen LogP contribution in [0.25, 0.3) is 0 Å². The molecule has 0 saturated carbocycles. The van der Waals surface area contributed by atoms with Gasteiger partial charge in [0.25, 0.3) is 0 Å². The predicted octanol–water partition coefficient (Wildman–Crippen LogP) is 1.28. The molecule has 2 N–H and O–H groups in total.